The lowest BCUT2D eigenvalue weighted by atomic mass is 10.1. The minimum absolute atomic E-state index is 0.0471. The summed E-state index contributed by atoms with van der Waals surface area (Å²) in [5, 5.41) is 3.51. The number of halogens is 1. The summed E-state index contributed by atoms with van der Waals surface area (Å²) in [6.07, 6.45) is 2.20. The standard InChI is InChI=1S/C25H34ClN3O4S/c1-6-19(4)27-25(31)23(7-2)28(16-20-10-12-21(26)13-11-20)24(30)17-29(34(5,32)33)22-14-8-18(3)9-15-22/h8-15,19,23H,6-7,16-17H2,1-5H3,(H,27,31). The van der Waals surface area contributed by atoms with Crippen molar-refractivity contribution in [1.82, 2.24) is 10.2 Å². The number of benzene rings is 2. The Balaban J connectivity index is 2.41. The van der Waals surface area contributed by atoms with Gasteiger partial charge < -0.3 is 10.2 Å². The van der Waals surface area contributed by atoms with Crippen molar-refractivity contribution in [2.24, 2.45) is 0 Å². The summed E-state index contributed by atoms with van der Waals surface area (Å²) in [6.45, 7) is 7.33. The average molecular weight is 508 g/mol. The minimum Gasteiger partial charge on any atom is -0.352 e. The zero-order valence-electron chi connectivity index (χ0n) is 20.4. The monoisotopic (exact) mass is 507 g/mol. The number of sulfonamides is 1. The maximum Gasteiger partial charge on any atom is 0.244 e. The van der Waals surface area contributed by atoms with Crippen LogP contribution in [0, 0.1) is 6.92 Å². The first-order chi connectivity index (χ1) is 16.0. The van der Waals surface area contributed by atoms with Gasteiger partial charge in [0, 0.05) is 17.6 Å². The number of nitrogens with zero attached hydrogens (tertiary/aromatic N) is 2. The van der Waals surface area contributed by atoms with Gasteiger partial charge in [0.25, 0.3) is 0 Å². The molecule has 2 aromatic rings. The van der Waals surface area contributed by atoms with E-state index in [1.54, 1.807) is 48.5 Å². The van der Waals surface area contributed by atoms with Gasteiger partial charge in [-0.2, -0.15) is 0 Å². The summed E-state index contributed by atoms with van der Waals surface area (Å²) < 4.78 is 26.3. The highest BCUT2D eigenvalue weighted by Crippen LogP contribution is 2.21. The molecule has 2 aromatic carbocycles. The van der Waals surface area contributed by atoms with Gasteiger partial charge in [0.05, 0.1) is 11.9 Å². The van der Waals surface area contributed by atoms with Gasteiger partial charge in [0.1, 0.15) is 12.6 Å². The van der Waals surface area contributed by atoms with E-state index in [-0.39, 0.29) is 18.5 Å². The zero-order chi connectivity index (χ0) is 25.5. The molecule has 186 valence electrons. The first-order valence-corrected chi connectivity index (χ1v) is 13.6. The van der Waals surface area contributed by atoms with Gasteiger partial charge in [0.15, 0.2) is 0 Å². The third-order valence-electron chi connectivity index (χ3n) is 5.65. The van der Waals surface area contributed by atoms with E-state index in [2.05, 4.69) is 5.32 Å². The van der Waals surface area contributed by atoms with Gasteiger partial charge in [-0.3, -0.25) is 13.9 Å². The van der Waals surface area contributed by atoms with Crippen LogP contribution in [-0.2, 0) is 26.2 Å². The van der Waals surface area contributed by atoms with Gasteiger partial charge in [-0.15, -0.1) is 0 Å². The van der Waals surface area contributed by atoms with Gasteiger partial charge in [-0.1, -0.05) is 55.3 Å². The fraction of sp³-hybridized carbons (Fsp3) is 0.440. The van der Waals surface area contributed by atoms with E-state index in [1.807, 2.05) is 27.7 Å². The lowest BCUT2D eigenvalue weighted by Crippen LogP contribution is -2.53. The molecule has 0 aliphatic carbocycles. The number of carbonyl (C=O) groups excluding carboxylic acids is 2. The Morgan fingerprint density at radius 3 is 2.09 bits per heavy atom. The van der Waals surface area contributed by atoms with E-state index in [9.17, 15) is 18.0 Å². The van der Waals surface area contributed by atoms with Gasteiger partial charge in [0.2, 0.25) is 21.8 Å². The molecule has 2 unspecified atom stereocenters. The van der Waals surface area contributed by atoms with Crippen molar-refractivity contribution in [3.63, 3.8) is 0 Å². The molecule has 0 aromatic heterocycles. The number of aryl methyl sites for hydroxylation is 1. The molecule has 2 amide bonds. The Morgan fingerprint density at radius 1 is 1.00 bits per heavy atom. The highest BCUT2D eigenvalue weighted by molar-refractivity contribution is 7.92. The molecule has 0 heterocycles. The molecule has 9 heteroatoms. The number of hydrogen-bond donors (Lipinski definition) is 1. The van der Waals surface area contributed by atoms with Crippen molar-refractivity contribution in [3.8, 4) is 0 Å². The highest BCUT2D eigenvalue weighted by atomic mass is 35.5. The van der Waals surface area contributed by atoms with Gasteiger partial charge in [-0.25, -0.2) is 8.42 Å². The largest absolute Gasteiger partial charge is 0.352 e. The lowest BCUT2D eigenvalue weighted by Gasteiger charge is -2.33. The van der Waals surface area contributed by atoms with E-state index >= 15 is 0 Å². The van der Waals surface area contributed by atoms with Crippen LogP contribution in [0.4, 0.5) is 5.69 Å². The Kier molecular flexibility index (Phi) is 9.94. The lowest BCUT2D eigenvalue weighted by molar-refractivity contribution is -0.140. The van der Waals surface area contributed by atoms with Crippen LogP contribution in [-0.4, -0.2) is 50.0 Å². The van der Waals surface area contributed by atoms with E-state index in [1.165, 1.54) is 4.90 Å². The van der Waals surface area contributed by atoms with Crippen LogP contribution in [0.15, 0.2) is 48.5 Å². The van der Waals surface area contributed by atoms with Crippen molar-refractivity contribution in [2.75, 3.05) is 17.1 Å². The normalized spacial score (nSPS) is 13.1. The van der Waals surface area contributed by atoms with Crippen molar-refractivity contribution in [3.05, 3.63) is 64.7 Å². The smallest absolute Gasteiger partial charge is 0.244 e. The third-order valence-corrected chi connectivity index (χ3v) is 7.05. The first kappa shape index (κ1) is 27.7. The van der Waals surface area contributed by atoms with E-state index in [0.29, 0.717) is 17.1 Å². The predicted octanol–water partition coefficient (Wildman–Crippen LogP) is 4.14. The highest BCUT2D eigenvalue weighted by Gasteiger charge is 2.32. The summed E-state index contributed by atoms with van der Waals surface area (Å²) in [5.41, 5.74) is 2.15. The summed E-state index contributed by atoms with van der Waals surface area (Å²) in [6, 6.07) is 13.1. The van der Waals surface area contributed by atoms with Crippen LogP contribution in [0.2, 0.25) is 5.02 Å². The maximum atomic E-state index is 13.6. The minimum atomic E-state index is -3.75. The second-order valence-electron chi connectivity index (χ2n) is 8.50. The summed E-state index contributed by atoms with van der Waals surface area (Å²) in [7, 11) is -3.75. The number of amides is 2. The Hall–Kier alpha value is -2.58. The molecule has 1 N–H and O–H groups in total. The molecular formula is C25H34ClN3O4S. The zero-order valence-corrected chi connectivity index (χ0v) is 22.0. The molecule has 34 heavy (non-hydrogen) atoms. The first-order valence-electron chi connectivity index (χ1n) is 11.3. The summed E-state index contributed by atoms with van der Waals surface area (Å²) >= 11 is 6.00. The number of nitrogens with one attached hydrogen (secondary N) is 1. The second kappa shape index (κ2) is 12.2. The quantitative estimate of drug-likeness (QED) is 0.495. The van der Waals surface area contributed by atoms with Crippen molar-refractivity contribution in [1.29, 1.82) is 0 Å². The number of anilines is 1. The fourth-order valence-electron chi connectivity index (χ4n) is 3.47. The van der Waals surface area contributed by atoms with Crippen LogP contribution in [0.5, 0.6) is 0 Å². The molecule has 0 spiro atoms. The molecule has 2 atom stereocenters. The van der Waals surface area contributed by atoms with Crippen molar-refractivity contribution >= 4 is 39.1 Å². The molecular weight excluding hydrogens is 474 g/mol. The number of carbonyl (C=O) groups is 2. The van der Waals surface area contributed by atoms with Crippen LogP contribution in [0.3, 0.4) is 0 Å². The van der Waals surface area contributed by atoms with Gasteiger partial charge >= 0.3 is 0 Å². The van der Waals surface area contributed by atoms with E-state index in [0.717, 1.165) is 28.1 Å². The molecule has 2 rings (SSSR count). The van der Waals surface area contributed by atoms with Crippen molar-refractivity contribution in [2.45, 2.75) is 59.2 Å². The number of hydrogen-bond acceptors (Lipinski definition) is 4. The molecule has 0 bridgehead atoms. The van der Waals surface area contributed by atoms with E-state index in [4.69, 9.17) is 11.6 Å². The molecule has 7 nitrogen and oxygen atoms in total. The molecule has 0 aliphatic rings. The maximum absolute atomic E-state index is 13.6. The van der Waals surface area contributed by atoms with E-state index < -0.39 is 28.5 Å². The Bertz CT molecular complexity index is 1070. The molecule has 0 fully saturated rings. The SMILES string of the molecule is CCC(C)NC(=O)C(CC)N(Cc1ccc(Cl)cc1)C(=O)CN(c1ccc(C)cc1)S(C)(=O)=O. The second-order valence-corrected chi connectivity index (χ2v) is 10.8. The molecule has 0 aliphatic heterocycles. The van der Waals surface area contributed by atoms with Crippen molar-refractivity contribution < 1.29 is 18.0 Å². The van der Waals surface area contributed by atoms with Crippen LogP contribution in [0.25, 0.3) is 0 Å². The summed E-state index contributed by atoms with van der Waals surface area (Å²) in [5.74, 6) is -0.729. The summed E-state index contributed by atoms with van der Waals surface area (Å²) in [4.78, 5) is 28.1. The number of rotatable bonds is 11. The van der Waals surface area contributed by atoms with Crippen LogP contribution < -0.4 is 9.62 Å². The molecule has 0 radical (unpaired) electrons. The predicted molar refractivity (Wildman–Crippen MR) is 137 cm³/mol. The fourth-order valence-corrected chi connectivity index (χ4v) is 4.45. The molecule has 0 saturated carbocycles. The average Bonchev–Trinajstić information content (AvgIpc) is 2.78. The van der Waals surface area contributed by atoms with Crippen LogP contribution >= 0.6 is 11.6 Å². The Labute approximate surface area is 208 Å². The topological polar surface area (TPSA) is 86.8 Å². The third kappa shape index (κ3) is 7.74. The van der Waals surface area contributed by atoms with Crippen LogP contribution in [0.1, 0.15) is 44.7 Å². The molecule has 0 saturated heterocycles. The van der Waals surface area contributed by atoms with Gasteiger partial charge in [-0.05, 0) is 56.5 Å². The Morgan fingerprint density at radius 2 is 1.59 bits per heavy atom.